The zero-order valence-electron chi connectivity index (χ0n) is 11.6. The van der Waals surface area contributed by atoms with E-state index in [-0.39, 0.29) is 18.3 Å². The van der Waals surface area contributed by atoms with E-state index in [2.05, 4.69) is 22.6 Å². The number of carbonyl (C=O) groups is 1. The van der Waals surface area contributed by atoms with E-state index in [1.165, 1.54) is 12.1 Å². The normalized spacial score (nSPS) is 10.2. The van der Waals surface area contributed by atoms with Crippen LogP contribution in [0, 0.1) is 9.39 Å². The van der Waals surface area contributed by atoms with Crippen LogP contribution >= 0.6 is 22.6 Å². The molecule has 0 saturated heterocycles. The number of rotatable bonds is 5. The average molecular weight is 399 g/mol. The van der Waals surface area contributed by atoms with Crippen LogP contribution < -0.4 is 4.74 Å². The van der Waals surface area contributed by atoms with Gasteiger partial charge in [0, 0.05) is 17.2 Å². The number of carbonyl (C=O) groups excluding carboxylic acids is 1. The number of likely N-dealkylation sites (N-methyl/N-ethyl adjacent to an activating group) is 1. The van der Waals surface area contributed by atoms with Crippen molar-refractivity contribution in [2.24, 2.45) is 0 Å². The molecule has 0 fully saturated rings. The Bertz CT molecular complexity index is 616. The fourth-order valence-electron chi connectivity index (χ4n) is 1.76. The monoisotopic (exact) mass is 399 g/mol. The number of halogens is 2. The highest BCUT2D eigenvalue weighted by Crippen LogP contribution is 2.15. The van der Waals surface area contributed by atoms with Crippen LogP contribution in [0.5, 0.6) is 5.75 Å². The summed E-state index contributed by atoms with van der Waals surface area (Å²) in [6.45, 7) is 0.409. The Kier molecular flexibility index (Phi) is 5.55. The number of ether oxygens (including phenoxy) is 1. The lowest BCUT2D eigenvalue weighted by molar-refractivity contribution is -0.132. The second-order valence-corrected chi connectivity index (χ2v) is 5.87. The molecule has 0 aliphatic heterocycles. The van der Waals surface area contributed by atoms with E-state index >= 15 is 0 Å². The standard InChI is InChI=1S/C16H15FINO2/c1-19(10-12-5-7-13(17)8-6-12)16(20)11-21-15-4-2-3-14(18)9-15/h2-9H,10-11H2,1H3. The fraction of sp³-hybridized carbons (Fsp3) is 0.188. The summed E-state index contributed by atoms with van der Waals surface area (Å²) in [6.07, 6.45) is 0. The van der Waals surface area contributed by atoms with Gasteiger partial charge in [0.25, 0.3) is 5.91 Å². The van der Waals surface area contributed by atoms with Crippen molar-refractivity contribution in [3.63, 3.8) is 0 Å². The molecule has 3 nitrogen and oxygen atoms in total. The van der Waals surface area contributed by atoms with Crippen molar-refractivity contribution >= 4 is 28.5 Å². The summed E-state index contributed by atoms with van der Waals surface area (Å²) in [7, 11) is 1.70. The van der Waals surface area contributed by atoms with Crippen molar-refractivity contribution in [2.45, 2.75) is 6.54 Å². The molecule has 2 aromatic rings. The first-order chi connectivity index (χ1) is 10.0. The highest BCUT2D eigenvalue weighted by molar-refractivity contribution is 14.1. The SMILES string of the molecule is CN(Cc1ccc(F)cc1)C(=O)COc1cccc(I)c1. The molecule has 0 unspecified atom stereocenters. The Morgan fingerprint density at radius 2 is 1.95 bits per heavy atom. The summed E-state index contributed by atoms with van der Waals surface area (Å²) in [5, 5.41) is 0. The molecule has 21 heavy (non-hydrogen) atoms. The van der Waals surface area contributed by atoms with Crippen molar-refractivity contribution in [3.05, 3.63) is 63.5 Å². The van der Waals surface area contributed by atoms with Gasteiger partial charge in [0.1, 0.15) is 11.6 Å². The first-order valence-corrected chi connectivity index (χ1v) is 7.49. The molecule has 0 atom stereocenters. The van der Waals surface area contributed by atoms with Gasteiger partial charge in [0.2, 0.25) is 0 Å². The zero-order valence-corrected chi connectivity index (χ0v) is 13.7. The molecule has 0 aliphatic carbocycles. The largest absolute Gasteiger partial charge is 0.484 e. The van der Waals surface area contributed by atoms with E-state index in [1.54, 1.807) is 24.1 Å². The minimum atomic E-state index is -0.283. The van der Waals surface area contributed by atoms with Gasteiger partial charge in [-0.25, -0.2) is 4.39 Å². The van der Waals surface area contributed by atoms with Crippen LogP contribution in [-0.4, -0.2) is 24.5 Å². The molecular weight excluding hydrogens is 384 g/mol. The summed E-state index contributed by atoms with van der Waals surface area (Å²) in [5.74, 6) is 0.262. The van der Waals surface area contributed by atoms with E-state index < -0.39 is 0 Å². The molecule has 0 bridgehead atoms. The summed E-state index contributed by atoms with van der Waals surface area (Å²) < 4.78 is 19.3. The Morgan fingerprint density at radius 1 is 1.24 bits per heavy atom. The number of nitrogens with zero attached hydrogens (tertiary/aromatic N) is 1. The van der Waals surface area contributed by atoms with E-state index in [0.717, 1.165) is 9.13 Å². The first kappa shape index (κ1) is 15.8. The predicted octanol–water partition coefficient (Wildman–Crippen LogP) is 3.47. The van der Waals surface area contributed by atoms with Gasteiger partial charge in [-0.15, -0.1) is 0 Å². The molecule has 0 aliphatic rings. The predicted molar refractivity (Wildman–Crippen MR) is 87.5 cm³/mol. The van der Waals surface area contributed by atoms with Crippen LogP contribution in [0.1, 0.15) is 5.56 Å². The van der Waals surface area contributed by atoms with Crippen molar-refractivity contribution < 1.29 is 13.9 Å². The summed E-state index contributed by atoms with van der Waals surface area (Å²) in [6, 6.07) is 13.6. The molecule has 1 amide bonds. The van der Waals surface area contributed by atoms with Gasteiger partial charge in [0.15, 0.2) is 6.61 Å². The van der Waals surface area contributed by atoms with Gasteiger partial charge >= 0.3 is 0 Å². The van der Waals surface area contributed by atoms with E-state index in [1.807, 2.05) is 24.3 Å². The molecular formula is C16H15FINO2. The quantitative estimate of drug-likeness (QED) is 0.721. The molecule has 0 spiro atoms. The second-order valence-electron chi connectivity index (χ2n) is 4.62. The van der Waals surface area contributed by atoms with Crippen LogP contribution in [0.25, 0.3) is 0 Å². The molecule has 0 radical (unpaired) electrons. The number of hydrogen-bond acceptors (Lipinski definition) is 2. The Morgan fingerprint density at radius 3 is 2.62 bits per heavy atom. The fourth-order valence-corrected chi connectivity index (χ4v) is 2.28. The maximum atomic E-state index is 12.8. The molecule has 0 saturated carbocycles. The van der Waals surface area contributed by atoms with Crippen molar-refractivity contribution in [1.82, 2.24) is 4.90 Å². The average Bonchev–Trinajstić information content (AvgIpc) is 2.47. The molecule has 2 aromatic carbocycles. The van der Waals surface area contributed by atoms with Gasteiger partial charge in [-0.05, 0) is 58.5 Å². The molecule has 110 valence electrons. The molecule has 2 rings (SSSR count). The van der Waals surface area contributed by atoms with E-state index in [4.69, 9.17) is 4.74 Å². The lowest BCUT2D eigenvalue weighted by Gasteiger charge is -2.17. The third-order valence-electron chi connectivity index (χ3n) is 2.92. The molecule has 0 N–H and O–H groups in total. The van der Waals surface area contributed by atoms with Gasteiger partial charge < -0.3 is 9.64 Å². The second kappa shape index (κ2) is 7.40. The topological polar surface area (TPSA) is 29.5 Å². The third-order valence-corrected chi connectivity index (χ3v) is 3.59. The molecule has 0 aromatic heterocycles. The van der Waals surface area contributed by atoms with Crippen LogP contribution in [0.4, 0.5) is 4.39 Å². The number of amides is 1. The lowest BCUT2D eigenvalue weighted by Crippen LogP contribution is -2.30. The maximum Gasteiger partial charge on any atom is 0.260 e. The van der Waals surface area contributed by atoms with Crippen LogP contribution in [0.3, 0.4) is 0 Å². The highest BCUT2D eigenvalue weighted by Gasteiger charge is 2.10. The molecule has 0 heterocycles. The minimum Gasteiger partial charge on any atom is -0.484 e. The molecule has 5 heteroatoms. The van der Waals surface area contributed by atoms with Crippen molar-refractivity contribution in [1.29, 1.82) is 0 Å². The minimum absolute atomic E-state index is 0.0161. The first-order valence-electron chi connectivity index (χ1n) is 6.41. The number of benzene rings is 2. The highest BCUT2D eigenvalue weighted by atomic mass is 127. The van der Waals surface area contributed by atoms with Gasteiger partial charge in [-0.3, -0.25) is 4.79 Å². The third kappa shape index (κ3) is 5.00. The van der Waals surface area contributed by atoms with Crippen LogP contribution in [0.15, 0.2) is 48.5 Å². The van der Waals surface area contributed by atoms with Gasteiger partial charge in [0.05, 0.1) is 0 Å². The Hall–Kier alpha value is -1.63. The summed E-state index contributed by atoms with van der Waals surface area (Å²) in [4.78, 5) is 13.6. The summed E-state index contributed by atoms with van der Waals surface area (Å²) in [5.41, 5.74) is 0.876. The zero-order chi connectivity index (χ0) is 15.2. The van der Waals surface area contributed by atoms with Gasteiger partial charge in [-0.1, -0.05) is 18.2 Å². The lowest BCUT2D eigenvalue weighted by atomic mass is 10.2. The smallest absolute Gasteiger partial charge is 0.260 e. The van der Waals surface area contributed by atoms with E-state index in [0.29, 0.717) is 12.3 Å². The van der Waals surface area contributed by atoms with Crippen LogP contribution in [-0.2, 0) is 11.3 Å². The Labute approximate surface area is 136 Å². The van der Waals surface area contributed by atoms with Crippen molar-refractivity contribution in [3.8, 4) is 5.75 Å². The Balaban J connectivity index is 1.86. The maximum absolute atomic E-state index is 12.8. The van der Waals surface area contributed by atoms with Crippen molar-refractivity contribution in [2.75, 3.05) is 13.7 Å². The summed E-state index contributed by atoms with van der Waals surface area (Å²) >= 11 is 2.19. The number of hydrogen-bond donors (Lipinski definition) is 0. The van der Waals surface area contributed by atoms with Crippen LogP contribution in [0.2, 0.25) is 0 Å². The van der Waals surface area contributed by atoms with Gasteiger partial charge in [-0.2, -0.15) is 0 Å². The van der Waals surface area contributed by atoms with E-state index in [9.17, 15) is 9.18 Å².